The summed E-state index contributed by atoms with van der Waals surface area (Å²) in [5.41, 5.74) is 0.996. The summed E-state index contributed by atoms with van der Waals surface area (Å²) in [7, 11) is -3.47. The molecule has 1 saturated heterocycles. The molecule has 0 N–H and O–H groups in total. The fourth-order valence-corrected chi connectivity index (χ4v) is 5.64. The minimum Gasteiger partial charge on any atom is -0.339 e. The second kappa shape index (κ2) is 10.4. The number of aryl methyl sites for hydroxylation is 1. The Hall–Kier alpha value is -1.89. The predicted octanol–water partition coefficient (Wildman–Crippen LogP) is 3.19. The Morgan fingerprint density at radius 1 is 0.867 bits per heavy atom. The van der Waals surface area contributed by atoms with E-state index in [1.54, 1.807) is 29.2 Å². The van der Waals surface area contributed by atoms with Gasteiger partial charge in [0.1, 0.15) is 0 Å². The van der Waals surface area contributed by atoms with Gasteiger partial charge in [-0.25, -0.2) is 8.42 Å². The van der Waals surface area contributed by atoms with E-state index >= 15 is 0 Å². The first-order valence-corrected chi connectivity index (χ1v) is 12.9. The quantitative estimate of drug-likeness (QED) is 0.661. The van der Waals surface area contributed by atoms with Gasteiger partial charge in [-0.05, 0) is 31.4 Å². The van der Waals surface area contributed by atoms with Crippen LogP contribution in [0.25, 0.3) is 0 Å². The molecule has 0 aromatic heterocycles. The molecule has 1 saturated carbocycles. The Morgan fingerprint density at radius 3 is 1.97 bits per heavy atom. The highest BCUT2D eigenvalue weighted by atomic mass is 32.2. The lowest BCUT2D eigenvalue weighted by Gasteiger charge is -2.35. The van der Waals surface area contributed by atoms with E-state index in [1.807, 2.05) is 11.8 Å². The predicted molar refractivity (Wildman–Crippen MR) is 117 cm³/mol. The van der Waals surface area contributed by atoms with Gasteiger partial charge in [0.25, 0.3) is 0 Å². The summed E-state index contributed by atoms with van der Waals surface area (Å²) in [5.74, 6) is 0.547. The van der Waals surface area contributed by atoms with Crippen molar-refractivity contribution in [1.82, 2.24) is 9.80 Å². The fourth-order valence-electron chi connectivity index (χ4n) is 4.41. The number of piperazine rings is 1. The van der Waals surface area contributed by atoms with Gasteiger partial charge in [-0.2, -0.15) is 0 Å². The van der Waals surface area contributed by atoms with Crippen molar-refractivity contribution in [2.45, 2.75) is 63.2 Å². The minimum absolute atomic E-state index is 0.0220. The number of carbonyl (C=O) groups excluding carboxylic acids is 2. The zero-order chi connectivity index (χ0) is 21.6. The molecule has 30 heavy (non-hydrogen) atoms. The van der Waals surface area contributed by atoms with Gasteiger partial charge in [-0.1, -0.05) is 49.8 Å². The van der Waals surface area contributed by atoms with Gasteiger partial charge in [0, 0.05) is 39.0 Å². The molecule has 6 nitrogen and oxygen atoms in total. The van der Waals surface area contributed by atoms with Crippen LogP contribution in [0.15, 0.2) is 29.2 Å². The number of sulfone groups is 1. The topological polar surface area (TPSA) is 74.8 Å². The van der Waals surface area contributed by atoms with Crippen molar-refractivity contribution in [1.29, 1.82) is 0 Å². The molecule has 0 atom stereocenters. The average Bonchev–Trinajstić information content (AvgIpc) is 2.77. The van der Waals surface area contributed by atoms with Gasteiger partial charge in [-0.15, -0.1) is 0 Å². The zero-order valence-corrected chi connectivity index (χ0v) is 18.8. The van der Waals surface area contributed by atoms with Crippen LogP contribution in [0.1, 0.15) is 56.9 Å². The maximum Gasteiger partial charge on any atom is 0.223 e. The Balaban J connectivity index is 1.40. The fraction of sp³-hybridized carbons (Fsp3) is 0.652. The molecule has 0 bridgehead atoms. The number of rotatable bonds is 7. The number of amides is 2. The second-order valence-corrected chi connectivity index (χ2v) is 10.8. The van der Waals surface area contributed by atoms with Crippen LogP contribution in [0.4, 0.5) is 0 Å². The average molecular weight is 435 g/mol. The van der Waals surface area contributed by atoms with Gasteiger partial charge in [0.05, 0.1) is 10.6 Å². The van der Waals surface area contributed by atoms with E-state index in [0.29, 0.717) is 38.5 Å². The molecule has 2 fully saturated rings. The van der Waals surface area contributed by atoms with Crippen molar-refractivity contribution in [3.8, 4) is 0 Å². The molecule has 3 rings (SSSR count). The van der Waals surface area contributed by atoms with Crippen molar-refractivity contribution in [3.05, 3.63) is 29.8 Å². The lowest BCUT2D eigenvalue weighted by molar-refractivity contribution is -0.139. The maximum atomic E-state index is 12.5. The lowest BCUT2D eigenvalue weighted by atomic mass is 9.86. The largest absolute Gasteiger partial charge is 0.339 e. The van der Waals surface area contributed by atoms with E-state index in [2.05, 4.69) is 0 Å². The van der Waals surface area contributed by atoms with Gasteiger partial charge >= 0.3 is 0 Å². The van der Waals surface area contributed by atoms with Gasteiger partial charge in [0.2, 0.25) is 11.8 Å². The van der Waals surface area contributed by atoms with E-state index in [9.17, 15) is 18.0 Å². The third-order valence-electron chi connectivity index (χ3n) is 6.44. The number of nitrogens with zero attached hydrogens (tertiary/aromatic N) is 2. The Labute approximate surface area is 180 Å². The van der Waals surface area contributed by atoms with Gasteiger partial charge in [0.15, 0.2) is 9.84 Å². The van der Waals surface area contributed by atoms with Crippen LogP contribution in [0, 0.1) is 12.8 Å². The first kappa shape index (κ1) is 22.8. The minimum atomic E-state index is -3.47. The molecule has 0 unspecified atom stereocenters. The Morgan fingerprint density at radius 2 is 1.40 bits per heavy atom. The summed E-state index contributed by atoms with van der Waals surface area (Å²) in [6, 6.07) is 6.71. The first-order valence-electron chi connectivity index (χ1n) is 11.2. The SMILES string of the molecule is Cc1ccc(S(=O)(=O)CCC(=O)N2CCN(C(=O)CCC3CCCCC3)CC2)cc1. The highest BCUT2D eigenvalue weighted by Gasteiger charge is 2.26. The standard InChI is InChI=1S/C23H34N2O4S/c1-19-7-10-21(11-8-19)30(28,29)18-13-23(27)25-16-14-24(15-17-25)22(26)12-9-20-5-3-2-4-6-20/h7-8,10-11,20H,2-6,9,12-18H2,1H3. The normalized spacial score (nSPS) is 18.4. The van der Waals surface area contributed by atoms with E-state index < -0.39 is 9.84 Å². The van der Waals surface area contributed by atoms with E-state index in [-0.39, 0.29) is 28.9 Å². The Kier molecular flexibility index (Phi) is 7.92. The van der Waals surface area contributed by atoms with Gasteiger partial charge in [-0.3, -0.25) is 9.59 Å². The van der Waals surface area contributed by atoms with Crippen LogP contribution < -0.4 is 0 Å². The van der Waals surface area contributed by atoms with Crippen LogP contribution in [0.5, 0.6) is 0 Å². The van der Waals surface area contributed by atoms with Crippen molar-refractivity contribution in [3.63, 3.8) is 0 Å². The number of benzene rings is 1. The molecule has 1 aromatic rings. The Bertz CT molecular complexity index is 821. The molecular weight excluding hydrogens is 400 g/mol. The highest BCUT2D eigenvalue weighted by molar-refractivity contribution is 7.91. The number of hydrogen-bond acceptors (Lipinski definition) is 4. The smallest absolute Gasteiger partial charge is 0.223 e. The molecular formula is C23H34N2O4S. The maximum absolute atomic E-state index is 12.5. The van der Waals surface area contributed by atoms with Crippen molar-refractivity contribution in [2.24, 2.45) is 5.92 Å². The molecule has 2 amide bonds. The summed E-state index contributed by atoms with van der Waals surface area (Å²) < 4.78 is 24.9. The van der Waals surface area contributed by atoms with Crippen LogP contribution in [-0.2, 0) is 19.4 Å². The first-order chi connectivity index (χ1) is 14.3. The number of carbonyl (C=O) groups is 2. The van der Waals surface area contributed by atoms with E-state index in [4.69, 9.17) is 0 Å². The molecule has 1 heterocycles. The third kappa shape index (κ3) is 6.30. The van der Waals surface area contributed by atoms with Crippen LogP contribution >= 0.6 is 0 Å². The van der Waals surface area contributed by atoms with Crippen LogP contribution in [0.2, 0.25) is 0 Å². The molecule has 1 aromatic carbocycles. The molecule has 1 aliphatic carbocycles. The molecule has 1 aliphatic heterocycles. The van der Waals surface area contributed by atoms with E-state index in [0.717, 1.165) is 12.0 Å². The molecule has 0 radical (unpaired) electrons. The molecule has 7 heteroatoms. The third-order valence-corrected chi connectivity index (χ3v) is 8.17. The van der Waals surface area contributed by atoms with Crippen molar-refractivity contribution >= 4 is 21.7 Å². The monoisotopic (exact) mass is 434 g/mol. The van der Waals surface area contributed by atoms with Crippen molar-refractivity contribution in [2.75, 3.05) is 31.9 Å². The summed E-state index contributed by atoms with van der Waals surface area (Å²) in [4.78, 5) is 28.8. The van der Waals surface area contributed by atoms with Crippen LogP contribution in [0.3, 0.4) is 0 Å². The lowest BCUT2D eigenvalue weighted by Crippen LogP contribution is -2.50. The van der Waals surface area contributed by atoms with Gasteiger partial charge < -0.3 is 9.80 Å². The highest BCUT2D eigenvalue weighted by Crippen LogP contribution is 2.27. The van der Waals surface area contributed by atoms with E-state index in [1.165, 1.54) is 32.1 Å². The summed E-state index contributed by atoms with van der Waals surface area (Å²) in [6.07, 6.45) is 7.97. The zero-order valence-electron chi connectivity index (χ0n) is 18.0. The molecule has 2 aliphatic rings. The van der Waals surface area contributed by atoms with Crippen molar-refractivity contribution < 1.29 is 18.0 Å². The molecule has 166 valence electrons. The summed E-state index contributed by atoms with van der Waals surface area (Å²) in [6.45, 7) is 3.96. The second-order valence-electron chi connectivity index (χ2n) is 8.69. The summed E-state index contributed by atoms with van der Waals surface area (Å²) >= 11 is 0. The molecule has 0 spiro atoms. The number of hydrogen-bond donors (Lipinski definition) is 0. The summed E-state index contributed by atoms with van der Waals surface area (Å²) in [5, 5.41) is 0. The van der Waals surface area contributed by atoms with Crippen LogP contribution in [-0.4, -0.2) is 62.0 Å².